The first-order valence-corrected chi connectivity index (χ1v) is 5.87. The Kier molecular flexibility index (Phi) is 3.46. The Morgan fingerprint density at radius 1 is 1.50 bits per heavy atom. The Balaban J connectivity index is 2.11. The molecule has 1 saturated heterocycles. The first-order valence-electron chi connectivity index (χ1n) is 5.87. The molecule has 0 aliphatic carbocycles. The highest BCUT2D eigenvalue weighted by Crippen LogP contribution is 2.24. The number of anilines is 1. The van der Waals surface area contributed by atoms with Crippen LogP contribution >= 0.6 is 0 Å². The minimum atomic E-state index is -0.0773. The Labute approximate surface area is 97.0 Å². The molecule has 1 unspecified atom stereocenters. The Bertz CT molecular complexity index is 346. The predicted molar refractivity (Wildman–Crippen MR) is 66.6 cm³/mol. The number of nitrogens with one attached hydrogen (secondary N) is 1. The van der Waals surface area contributed by atoms with E-state index >= 15 is 0 Å². The molecule has 0 bridgehead atoms. The molecule has 1 aliphatic rings. The van der Waals surface area contributed by atoms with E-state index in [4.69, 9.17) is 10.5 Å². The van der Waals surface area contributed by atoms with E-state index in [-0.39, 0.29) is 5.54 Å². The van der Waals surface area contributed by atoms with Crippen LogP contribution in [-0.2, 0) is 4.74 Å². The number of rotatable bonds is 3. The van der Waals surface area contributed by atoms with Crippen molar-refractivity contribution in [2.24, 2.45) is 5.73 Å². The fraction of sp³-hybridized carbons (Fsp3) is 0.538. The van der Waals surface area contributed by atoms with Gasteiger partial charge >= 0.3 is 0 Å². The summed E-state index contributed by atoms with van der Waals surface area (Å²) in [5.41, 5.74) is 8.20. The minimum absolute atomic E-state index is 0.0773. The number of hydrogen-bond acceptors (Lipinski definition) is 3. The zero-order valence-electron chi connectivity index (χ0n) is 9.83. The normalized spacial score (nSPS) is 25.4. The number of nitrogens with two attached hydrogens (primary N) is 1. The number of hydrogen-bond donors (Lipinski definition) is 2. The van der Waals surface area contributed by atoms with Crippen LogP contribution in [0.15, 0.2) is 24.3 Å². The smallest absolute Gasteiger partial charge is 0.0729 e. The van der Waals surface area contributed by atoms with Crippen molar-refractivity contribution in [2.75, 3.05) is 25.1 Å². The fourth-order valence-electron chi connectivity index (χ4n) is 2.19. The van der Waals surface area contributed by atoms with Gasteiger partial charge < -0.3 is 15.8 Å². The van der Waals surface area contributed by atoms with E-state index in [1.165, 1.54) is 5.56 Å². The van der Waals surface area contributed by atoms with Gasteiger partial charge in [0.15, 0.2) is 0 Å². The van der Waals surface area contributed by atoms with Gasteiger partial charge in [-0.05, 0) is 37.5 Å². The first-order chi connectivity index (χ1) is 7.74. The lowest BCUT2D eigenvalue weighted by Gasteiger charge is -2.37. The molecule has 1 aromatic carbocycles. The zero-order valence-corrected chi connectivity index (χ0v) is 9.83. The molecule has 0 aromatic heterocycles. The number of benzene rings is 1. The van der Waals surface area contributed by atoms with Crippen LogP contribution in [0.1, 0.15) is 18.4 Å². The van der Waals surface area contributed by atoms with E-state index in [9.17, 15) is 0 Å². The summed E-state index contributed by atoms with van der Waals surface area (Å²) in [6.45, 7) is 4.27. The molecule has 16 heavy (non-hydrogen) atoms. The van der Waals surface area contributed by atoms with Crippen molar-refractivity contribution in [3.05, 3.63) is 29.8 Å². The minimum Gasteiger partial charge on any atom is -0.379 e. The van der Waals surface area contributed by atoms with Crippen LogP contribution in [0.3, 0.4) is 0 Å². The van der Waals surface area contributed by atoms with Crippen molar-refractivity contribution >= 4 is 5.69 Å². The molecule has 3 nitrogen and oxygen atoms in total. The molecule has 1 aromatic rings. The topological polar surface area (TPSA) is 47.3 Å². The second-order valence-electron chi connectivity index (χ2n) is 4.64. The highest BCUT2D eigenvalue weighted by atomic mass is 16.5. The van der Waals surface area contributed by atoms with Crippen molar-refractivity contribution < 1.29 is 4.74 Å². The molecule has 0 radical (unpaired) electrons. The molecule has 0 amide bonds. The maximum atomic E-state index is 5.88. The zero-order chi connectivity index (χ0) is 11.4. The van der Waals surface area contributed by atoms with Crippen LogP contribution in [0, 0.1) is 6.92 Å². The van der Waals surface area contributed by atoms with Crippen molar-refractivity contribution in [3.63, 3.8) is 0 Å². The summed E-state index contributed by atoms with van der Waals surface area (Å²) in [5.74, 6) is 0. The summed E-state index contributed by atoms with van der Waals surface area (Å²) in [4.78, 5) is 0. The third kappa shape index (κ3) is 2.54. The third-order valence-electron chi connectivity index (χ3n) is 3.14. The van der Waals surface area contributed by atoms with Crippen LogP contribution in [0.25, 0.3) is 0 Å². The lowest BCUT2D eigenvalue weighted by atomic mass is 9.92. The first kappa shape index (κ1) is 11.4. The van der Waals surface area contributed by atoms with Gasteiger partial charge in [-0.15, -0.1) is 0 Å². The maximum absolute atomic E-state index is 5.88. The van der Waals surface area contributed by atoms with Gasteiger partial charge in [0.2, 0.25) is 0 Å². The van der Waals surface area contributed by atoms with Crippen LogP contribution in [0.2, 0.25) is 0 Å². The van der Waals surface area contributed by atoms with Crippen LogP contribution in [-0.4, -0.2) is 25.3 Å². The molecule has 0 saturated carbocycles. The highest BCUT2D eigenvalue weighted by Gasteiger charge is 2.31. The van der Waals surface area contributed by atoms with E-state index in [1.54, 1.807) is 0 Å². The molecule has 1 atom stereocenters. The van der Waals surface area contributed by atoms with Crippen LogP contribution < -0.4 is 11.1 Å². The summed E-state index contributed by atoms with van der Waals surface area (Å²) in [5, 5.41) is 3.53. The van der Waals surface area contributed by atoms with E-state index in [0.29, 0.717) is 13.2 Å². The van der Waals surface area contributed by atoms with E-state index < -0.39 is 0 Å². The van der Waals surface area contributed by atoms with E-state index in [0.717, 1.165) is 25.1 Å². The summed E-state index contributed by atoms with van der Waals surface area (Å²) in [7, 11) is 0. The molecular formula is C13H20N2O. The third-order valence-corrected chi connectivity index (χ3v) is 3.14. The molecule has 0 spiro atoms. The van der Waals surface area contributed by atoms with Gasteiger partial charge in [0.05, 0.1) is 12.1 Å². The second-order valence-corrected chi connectivity index (χ2v) is 4.64. The molecule has 1 heterocycles. The molecule has 1 fully saturated rings. The van der Waals surface area contributed by atoms with Crippen LogP contribution in [0.4, 0.5) is 5.69 Å². The average molecular weight is 220 g/mol. The molecule has 3 heteroatoms. The predicted octanol–water partition coefficient (Wildman–Crippen LogP) is 1.91. The largest absolute Gasteiger partial charge is 0.379 e. The maximum Gasteiger partial charge on any atom is 0.0729 e. The van der Waals surface area contributed by atoms with Gasteiger partial charge in [-0.1, -0.05) is 12.1 Å². The monoisotopic (exact) mass is 220 g/mol. The Morgan fingerprint density at radius 2 is 2.38 bits per heavy atom. The van der Waals surface area contributed by atoms with Gasteiger partial charge in [-0.3, -0.25) is 0 Å². The molecule has 88 valence electrons. The summed E-state index contributed by atoms with van der Waals surface area (Å²) in [6.07, 6.45) is 2.16. The van der Waals surface area contributed by atoms with Gasteiger partial charge in [-0.2, -0.15) is 0 Å². The molecule has 1 aliphatic heterocycles. The van der Waals surface area contributed by atoms with Gasteiger partial charge in [0, 0.05) is 18.8 Å². The van der Waals surface area contributed by atoms with Gasteiger partial charge in [0.25, 0.3) is 0 Å². The van der Waals surface area contributed by atoms with Crippen molar-refractivity contribution in [2.45, 2.75) is 25.3 Å². The van der Waals surface area contributed by atoms with Crippen molar-refractivity contribution in [1.29, 1.82) is 0 Å². The standard InChI is InChI=1S/C13H20N2O/c1-11-4-2-5-12(8-11)15-13(9-14)6-3-7-16-10-13/h2,4-5,8,15H,3,6-7,9-10,14H2,1H3. The van der Waals surface area contributed by atoms with E-state index in [1.807, 2.05) is 0 Å². The summed E-state index contributed by atoms with van der Waals surface area (Å²) < 4.78 is 5.54. The Hall–Kier alpha value is -1.06. The van der Waals surface area contributed by atoms with Gasteiger partial charge in [0.1, 0.15) is 0 Å². The fourth-order valence-corrected chi connectivity index (χ4v) is 2.19. The molecule has 2 rings (SSSR count). The van der Waals surface area contributed by atoms with Crippen molar-refractivity contribution in [3.8, 4) is 0 Å². The number of aryl methyl sites for hydroxylation is 1. The Morgan fingerprint density at radius 3 is 3.00 bits per heavy atom. The lowest BCUT2D eigenvalue weighted by molar-refractivity contribution is 0.0502. The summed E-state index contributed by atoms with van der Waals surface area (Å²) >= 11 is 0. The van der Waals surface area contributed by atoms with Crippen molar-refractivity contribution in [1.82, 2.24) is 0 Å². The molecule has 3 N–H and O–H groups in total. The average Bonchev–Trinajstić information content (AvgIpc) is 2.30. The van der Waals surface area contributed by atoms with Gasteiger partial charge in [-0.25, -0.2) is 0 Å². The highest BCUT2D eigenvalue weighted by molar-refractivity contribution is 5.48. The molecular weight excluding hydrogens is 200 g/mol. The lowest BCUT2D eigenvalue weighted by Crippen LogP contribution is -2.51. The van der Waals surface area contributed by atoms with Crippen LogP contribution in [0.5, 0.6) is 0 Å². The SMILES string of the molecule is Cc1cccc(NC2(CN)CCCOC2)c1. The quantitative estimate of drug-likeness (QED) is 0.818. The second kappa shape index (κ2) is 4.85. The van der Waals surface area contributed by atoms with E-state index in [2.05, 4.69) is 36.5 Å². The number of ether oxygens (including phenoxy) is 1. The summed E-state index contributed by atoms with van der Waals surface area (Å²) in [6, 6.07) is 8.38.